The molecular weight excluding hydrogens is 568 g/mol. The Labute approximate surface area is 248 Å². The molecule has 11 heteroatoms. The van der Waals surface area contributed by atoms with Crippen LogP contribution in [0, 0.1) is 13.3 Å². The number of nitrogens with zero attached hydrogens (tertiary/aromatic N) is 6. The molecule has 6 nitrogen and oxygen atoms in total. The third kappa shape index (κ3) is 32.1. The van der Waals surface area contributed by atoms with Gasteiger partial charge in [0.15, 0.2) is 0 Å². The molecule has 0 unspecified atom stereocenters. The maximum absolute atomic E-state index is 4.82. The van der Waals surface area contributed by atoms with Crippen LogP contribution in [-0.4, -0.2) is 79.7 Å². The van der Waals surface area contributed by atoms with Crippen LogP contribution in [0.15, 0.2) is 24.8 Å². The molecule has 0 aromatic heterocycles. The second-order valence-corrected chi connectivity index (χ2v) is 32.7. The fourth-order valence-electron chi connectivity index (χ4n) is 3.80. The van der Waals surface area contributed by atoms with Crippen molar-refractivity contribution in [3.63, 3.8) is 0 Å². The van der Waals surface area contributed by atoms with Gasteiger partial charge in [0.1, 0.15) is 0 Å². The summed E-state index contributed by atoms with van der Waals surface area (Å²) in [6, 6.07) is 0. The van der Waals surface area contributed by atoms with Gasteiger partial charge in [-0.3, -0.25) is 0 Å². The van der Waals surface area contributed by atoms with E-state index >= 15 is 0 Å². The van der Waals surface area contributed by atoms with E-state index < -0.39 is 32.9 Å². The normalized spacial score (nSPS) is 15.4. The van der Waals surface area contributed by atoms with E-state index in [4.69, 9.17) is 9.30 Å². The summed E-state index contributed by atoms with van der Waals surface area (Å²) >= 11 is 0. The van der Waals surface area contributed by atoms with Crippen molar-refractivity contribution in [3.05, 3.63) is 47.4 Å². The molecule has 0 aliphatic carbocycles. The van der Waals surface area contributed by atoms with Gasteiger partial charge in [0.2, 0.25) is 0 Å². The molecule has 0 aromatic carbocycles. The van der Waals surface area contributed by atoms with E-state index in [1.807, 2.05) is 14.1 Å². The Morgan fingerprint density at radius 2 is 0.757 bits per heavy atom. The standard InChI is InChI=1S/2C7H13N2.2C6H18NSi2.Co/c2*1-3-4-9-6-5-8(2)7-9;2*1-8(2,3)7-9(4,5)6;/h2*5-7H,3-4H2,1-2H3;2*1-6H3;/q4*-1;. The van der Waals surface area contributed by atoms with Gasteiger partial charge in [-0.2, -0.15) is 13.3 Å². The maximum Gasteiger partial charge on any atom is 0 e. The number of hydrogen-bond acceptors (Lipinski definition) is 4. The molecule has 0 bridgehead atoms. The SMILES string of the molecule is CCCN1C=CN(C)[CH-]1.CCCN1C=CN(C)[CH-]1.C[Si](C)(C)[N-][Si](C)(C)C.C[Si](C)(C)[N-][Si](C)(C)C.[Co]. The van der Waals surface area contributed by atoms with Gasteiger partial charge in [-0.25, -0.2) is 0 Å². The molecule has 0 saturated heterocycles. The van der Waals surface area contributed by atoms with Crippen LogP contribution in [-0.2, 0) is 16.8 Å². The third-order valence-electron chi connectivity index (χ3n) is 3.95. The molecule has 37 heavy (non-hydrogen) atoms. The second-order valence-electron chi connectivity index (χ2n) is 13.5. The van der Waals surface area contributed by atoms with Gasteiger partial charge in [-0.1, -0.05) is 125 Å². The molecule has 0 fully saturated rings. The fourth-order valence-corrected chi connectivity index (χ4v) is 19.9. The van der Waals surface area contributed by atoms with E-state index in [9.17, 15) is 0 Å². The van der Waals surface area contributed by atoms with Gasteiger partial charge >= 0.3 is 0 Å². The Morgan fingerprint density at radius 1 is 0.514 bits per heavy atom. The summed E-state index contributed by atoms with van der Waals surface area (Å²) in [7, 11) is -0.356. The third-order valence-corrected chi connectivity index (χ3v) is 14.7. The van der Waals surface area contributed by atoms with Crippen LogP contribution in [0.4, 0.5) is 0 Å². The molecule has 2 heterocycles. The molecular formula is C26H62CoN6Si4-4. The van der Waals surface area contributed by atoms with Gasteiger partial charge in [-0.05, 0) is 64.8 Å². The monoisotopic (exact) mass is 629 g/mol. The van der Waals surface area contributed by atoms with Gasteiger partial charge in [-0.15, -0.1) is 0 Å². The summed E-state index contributed by atoms with van der Waals surface area (Å²) in [5, 5.41) is 0. The average molecular weight is 630 g/mol. The van der Waals surface area contributed by atoms with Crippen molar-refractivity contribution >= 4 is 32.9 Å². The summed E-state index contributed by atoms with van der Waals surface area (Å²) < 4.78 is 9.64. The number of hydrogen-bond donors (Lipinski definition) is 0. The smallest absolute Gasteiger partial charge is 0 e. The molecule has 225 valence electrons. The summed E-state index contributed by atoms with van der Waals surface area (Å²) in [6.07, 6.45) is 10.7. The molecule has 1 radical (unpaired) electrons. The molecule has 2 aliphatic rings. The van der Waals surface area contributed by atoms with E-state index in [0.717, 1.165) is 13.1 Å². The van der Waals surface area contributed by atoms with Crippen LogP contribution in [0.25, 0.3) is 9.30 Å². The maximum atomic E-state index is 4.82. The van der Waals surface area contributed by atoms with Crippen molar-refractivity contribution in [2.75, 3.05) is 27.2 Å². The average Bonchev–Trinajstić information content (AvgIpc) is 3.19. The quantitative estimate of drug-likeness (QED) is 0.199. The van der Waals surface area contributed by atoms with Crippen molar-refractivity contribution in [1.82, 2.24) is 19.6 Å². The van der Waals surface area contributed by atoms with Crippen molar-refractivity contribution < 1.29 is 16.8 Å². The zero-order valence-electron chi connectivity index (χ0n) is 27.3. The Kier molecular flexibility index (Phi) is 21.4. The second kappa shape index (κ2) is 19.1. The molecule has 0 N–H and O–H groups in total. The van der Waals surface area contributed by atoms with Crippen LogP contribution in [0.5, 0.6) is 0 Å². The zero-order chi connectivity index (χ0) is 28.8. The minimum absolute atomic E-state index is 0. The predicted molar refractivity (Wildman–Crippen MR) is 177 cm³/mol. The molecule has 2 aliphatic heterocycles. The Hall–Kier alpha value is -0.0260. The Morgan fingerprint density at radius 3 is 0.865 bits per heavy atom. The van der Waals surface area contributed by atoms with Gasteiger partial charge in [0, 0.05) is 16.8 Å². The van der Waals surface area contributed by atoms with E-state index in [1.165, 1.54) is 12.8 Å². The van der Waals surface area contributed by atoms with Crippen LogP contribution in [0.3, 0.4) is 0 Å². The zero-order valence-corrected chi connectivity index (χ0v) is 32.4. The molecule has 0 saturated carbocycles. The van der Waals surface area contributed by atoms with E-state index in [1.54, 1.807) is 0 Å². The summed E-state index contributed by atoms with van der Waals surface area (Å²) in [4.78, 5) is 8.46. The van der Waals surface area contributed by atoms with Crippen LogP contribution in [0.2, 0.25) is 78.6 Å². The van der Waals surface area contributed by atoms with E-state index in [-0.39, 0.29) is 16.8 Å². The van der Waals surface area contributed by atoms with Crippen LogP contribution < -0.4 is 0 Å². The van der Waals surface area contributed by atoms with Gasteiger partial charge in [0.25, 0.3) is 0 Å². The predicted octanol–water partition coefficient (Wildman–Crippen LogP) is 8.53. The van der Waals surface area contributed by atoms with Crippen molar-refractivity contribution in [3.8, 4) is 0 Å². The van der Waals surface area contributed by atoms with Crippen molar-refractivity contribution in [2.45, 2.75) is 105 Å². The Balaban J connectivity index is -0.000000413. The summed E-state index contributed by atoms with van der Waals surface area (Å²) in [5.74, 6) is 0. The molecule has 2 rings (SSSR count). The van der Waals surface area contributed by atoms with Crippen molar-refractivity contribution in [1.29, 1.82) is 0 Å². The molecule has 0 atom stereocenters. The molecule has 0 aromatic rings. The number of rotatable bonds is 8. The van der Waals surface area contributed by atoms with E-state index in [0.29, 0.717) is 0 Å². The van der Waals surface area contributed by atoms with Gasteiger partial charge in [0.05, 0.1) is 0 Å². The first-order valence-corrected chi connectivity index (χ1v) is 27.4. The van der Waals surface area contributed by atoms with E-state index in [2.05, 4.69) is 150 Å². The summed E-state index contributed by atoms with van der Waals surface area (Å²) in [6.45, 7) is 38.3. The van der Waals surface area contributed by atoms with Crippen molar-refractivity contribution in [2.24, 2.45) is 0 Å². The Bertz CT molecular complexity index is 545. The first kappa shape index (κ1) is 41.5. The minimum Gasteiger partial charge on any atom is -0.668 e. The molecule has 0 amide bonds. The minimum atomic E-state index is -1.11. The van der Waals surface area contributed by atoms with Crippen LogP contribution in [0.1, 0.15) is 26.7 Å². The van der Waals surface area contributed by atoms with Gasteiger partial charge < -0.3 is 28.9 Å². The summed E-state index contributed by atoms with van der Waals surface area (Å²) in [5.41, 5.74) is 0. The molecule has 0 spiro atoms. The topological polar surface area (TPSA) is 41.2 Å². The first-order chi connectivity index (χ1) is 16.1. The largest absolute Gasteiger partial charge is 0.668 e. The van der Waals surface area contributed by atoms with Crippen LogP contribution >= 0.6 is 0 Å². The first-order valence-electron chi connectivity index (χ1n) is 13.6. The fraction of sp³-hybridized carbons (Fsp3) is 0.769.